The van der Waals surface area contributed by atoms with Crippen molar-refractivity contribution in [3.05, 3.63) is 53.4 Å². The lowest BCUT2D eigenvalue weighted by Crippen LogP contribution is -2.59. The van der Waals surface area contributed by atoms with Gasteiger partial charge in [0.25, 0.3) is 0 Å². The Kier molecular flexibility index (Phi) is 4.91. The number of carbonyl (C=O) groups excluding carboxylic acids is 2. The van der Waals surface area contributed by atoms with Gasteiger partial charge in [-0.05, 0) is 24.5 Å². The van der Waals surface area contributed by atoms with Gasteiger partial charge in [0, 0.05) is 38.2 Å². The smallest absolute Gasteiger partial charge is 0.227 e. The Balaban J connectivity index is 1.52. The molecular weight excluding hydrogens is 359 g/mol. The summed E-state index contributed by atoms with van der Waals surface area (Å²) < 4.78 is 13.9. The zero-order chi connectivity index (χ0) is 19.7. The number of halogens is 1. The van der Waals surface area contributed by atoms with E-state index < -0.39 is 5.54 Å². The standard InChI is InChI=1S/C21H25FN4O2/c1-2-18(27)26-10-7-17-20(24-14-23-17)21(26)8-11-25(12-9-21)19(28)13-15-5-3-4-6-16(15)22/h3-6,14H,2,7-13H2,1H3,(H,23,24). The maximum absolute atomic E-state index is 13.9. The summed E-state index contributed by atoms with van der Waals surface area (Å²) in [5.41, 5.74) is 2.01. The molecule has 1 aromatic carbocycles. The number of hydrogen-bond acceptors (Lipinski definition) is 3. The minimum Gasteiger partial charge on any atom is -0.348 e. The molecule has 1 spiro atoms. The molecule has 28 heavy (non-hydrogen) atoms. The number of hydrogen-bond donors (Lipinski definition) is 1. The first-order valence-corrected chi connectivity index (χ1v) is 9.89. The topological polar surface area (TPSA) is 69.3 Å². The van der Waals surface area contributed by atoms with Gasteiger partial charge in [-0.3, -0.25) is 9.59 Å². The first-order chi connectivity index (χ1) is 13.5. The second kappa shape index (κ2) is 7.37. The lowest BCUT2D eigenvalue weighted by atomic mass is 9.78. The molecule has 148 valence electrons. The molecule has 0 saturated carbocycles. The van der Waals surface area contributed by atoms with Crippen molar-refractivity contribution in [3.63, 3.8) is 0 Å². The fourth-order valence-corrected chi connectivity index (χ4v) is 4.58. The van der Waals surface area contributed by atoms with Crippen LogP contribution >= 0.6 is 0 Å². The monoisotopic (exact) mass is 384 g/mol. The molecule has 1 saturated heterocycles. The highest BCUT2D eigenvalue weighted by molar-refractivity contribution is 5.79. The Morgan fingerprint density at radius 3 is 2.64 bits per heavy atom. The molecule has 2 aromatic rings. The Bertz CT molecular complexity index is 886. The van der Waals surface area contributed by atoms with Crippen molar-refractivity contribution in [2.45, 2.75) is 44.6 Å². The van der Waals surface area contributed by atoms with Gasteiger partial charge >= 0.3 is 0 Å². The number of H-pyrrole nitrogens is 1. The summed E-state index contributed by atoms with van der Waals surface area (Å²) in [5.74, 6) is -0.302. The Labute approximate surface area is 163 Å². The largest absolute Gasteiger partial charge is 0.348 e. The van der Waals surface area contributed by atoms with Crippen LogP contribution < -0.4 is 0 Å². The van der Waals surface area contributed by atoms with E-state index in [4.69, 9.17) is 0 Å². The van der Waals surface area contributed by atoms with Crippen molar-refractivity contribution in [1.29, 1.82) is 0 Å². The molecule has 0 unspecified atom stereocenters. The molecule has 4 rings (SSSR count). The second-order valence-corrected chi connectivity index (χ2v) is 7.56. The second-order valence-electron chi connectivity index (χ2n) is 7.56. The maximum atomic E-state index is 13.9. The van der Waals surface area contributed by atoms with Crippen molar-refractivity contribution in [1.82, 2.24) is 19.8 Å². The first-order valence-electron chi connectivity index (χ1n) is 9.89. The van der Waals surface area contributed by atoms with E-state index in [1.807, 2.05) is 11.8 Å². The van der Waals surface area contributed by atoms with Crippen LogP contribution in [-0.2, 0) is 28.0 Å². The molecule has 1 N–H and O–H groups in total. The third-order valence-corrected chi connectivity index (χ3v) is 6.11. The summed E-state index contributed by atoms with van der Waals surface area (Å²) in [6.45, 7) is 3.62. The molecule has 0 atom stereocenters. The minimum atomic E-state index is -0.449. The van der Waals surface area contributed by atoms with E-state index in [9.17, 15) is 14.0 Å². The zero-order valence-electron chi connectivity index (χ0n) is 16.1. The van der Waals surface area contributed by atoms with Gasteiger partial charge in [-0.2, -0.15) is 0 Å². The molecule has 6 nitrogen and oxygen atoms in total. The fourth-order valence-electron chi connectivity index (χ4n) is 4.58. The number of nitrogens with zero attached hydrogens (tertiary/aromatic N) is 3. The normalized spacial score (nSPS) is 18.2. The van der Waals surface area contributed by atoms with Crippen molar-refractivity contribution >= 4 is 11.8 Å². The molecule has 2 aliphatic heterocycles. The summed E-state index contributed by atoms with van der Waals surface area (Å²) in [7, 11) is 0. The number of imidazole rings is 1. The number of rotatable bonds is 3. The average molecular weight is 384 g/mol. The highest BCUT2D eigenvalue weighted by Crippen LogP contribution is 2.42. The van der Waals surface area contributed by atoms with Crippen LogP contribution in [0.1, 0.15) is 43.1 Å². The number of benzene rings is 1. The van der Waals surface area contributed by atoms with E-state index in [0.717, 1.165) is 17.8 Å². The van der Waals surface area contributed by atoms with Crippen LogP contribution in [0.2, 0.25) is 0 Å². The summed E-state index contributed by atoms with van der Waals surface area (Å²) >= 11 is 0. The van der Waals surface area contributed by atoms with Crippen molar-refractivity contribution in [2.75, 3.05) is 19.6 Å². The zero-order valence-corrected chi connectivity index (χ0v) is 16.1. The molecular formula is C21H25FN4O2. The summed E-state index contributed by atoms with van der Waals surface area (Å²) in [5, 5.41) is 0. The van der Waals surface area contributed by atoms with E-state index in [2.05, 4.69) is 9.97 Å². The highest BCUT2D eigenvalue weighted by Gasteiger charge is 2.48. The molecule has 0 aliphatic carbocycles. The number of aromatic nitrogens is 2. The van der Waals surface area contributed by atoms with Gasteiger partial charge < -0.3 is 14.8 Å². The number of fused-ring (bicyclic) bond motifs is 2. The number of likely N-dealkylation sites (tertiary alicyclic amines) is 1. The van der Waals surface area contributed by atoms with Gasteiger partial charge in [-0.1, -0.05) is 25.1 Å². The SMILES string of the molecule is CCC(=O)N1CCc2[nH]cnc2C12CCN(C(=O)Cc1ccccc1F)CC2. The Morgan fingerprint density at radius 1 is 1.18 bits per heavy atom. The van der Waals surface area contributed by atoms with E-state index in [1.165, 1.54) is 6.07 Å². The van der Waals surface area contributed by atoms with Gasteiger partial charge in [0.05, 0.1) is 24.0 Å². The first kappa shape index (κ1) is 18.7. The number of piperidine rings is 1. The van der Waals surface area contributed by atoms with Crippen LogP contribution in [0.4, 0.5) is 4.39 Å². The summed E-state index contributed by atoms with van der Waals surface area (Å²) in [4.78, 5) is 36.9. The molecule has 3 heterocycles. The van der Waals surface area contributed by atoms with Crippen molar-refractivity contribution in [3.8, 4) is 0 Å². The predicted molar refractivity (Wildman–Crippen MR) is 102 cm³/mol. The number of aromatic amines is 1. The van der Waals surface area contributed by atoms with Crippen LogP contribution in [-0.4, -0.2) is 51.2 Å². The van der Waals surface area contributed by atoms with Gasteiger partial charge in [0.15, 0.2) is 0 Å². The molecule has 0 bridgehead atoms. The lowest BCUT2D eigenvalue weighted by molar-refractivity contribution is -0.144. The Morgan fingerprint density at radius 2 is 1.93 bits per heavy atom. The van der Waals surface area contributed by atoms with Gasteiger partial charge in [0.1, 0.15) is 5.82 Å². The quantitative estimate of drug-likeness (QED) is 0.884. The maximum Gasteiger partial charge on any atom is 0.227 e. The van der Waals surface area contributed by atoms with Crippen LogP contribution in [0.3, 0.4) is 0 Å². The predicted octanol–water partition coefficient (Wildman–Crippen LogP) is 2.40. The molecule has 2 amide bonds. The van der Waals surface area contributed by atoms with E-state index in [0.29, 0.717) is 44.5 Å². The van der Waals surface area contributed by atoms with Crippen molar-refractivity contribution in [2.24, 2.45) is 0 Å². The molecule has 0 radical (unpaired) electrons. The number of amides is 2. The number of carbonyl (C=O) groups is 2. The van der Waals surface area contributed by atoms with Crippen LogP contribution in [0, 0.1) is 5.82 Å². The van der Waals surface area contributed by atoms with Crippen LogP contribution in [0.15, 0.2) is 30.6 Å². The van der Waals surface area contributed by atoms with Gasteiger partial charge in [-0.25, -0.2) is 9.37 Å². The van der Waals surface area contributed by atoms with Crippen LogP contribution in [0.5, 0.6) is 0 Å². The van der Waals surface area contributed by atoms with E-state index in [1.54, 1.807) is 29.4 Å². The molecule has 7 heteroatoms. The van der Waals surface area contributed by atoms with Crippen LogP contribution in [0.25, 0.3) is 0 Å². The Hall–Kier alpha value is -2.70. The van der Waals surface area contributed by atoms with Gasteiger partial charge in [0.2, 0.25) is 11.8 Å². The summed E-state index contributed by atoms with van der Waals surface area (Å²) in [6, 6.07) is 6.39. The van der Waals surface area contributed by atoms with E-state index in [-0.39, 0.29) is 24.1 Å². The third-order valence-electron chi connectivity index (χ3n) is 6.11. The molecule has 2 aliphatic rings. The fraction of sp³-hybridized carbons (Fsp3) is 0.476. The highest BCUT2D eigenvalue weighted by atomic mass is 19.1. The van der Waals surface area contributed by atoms with Gasteiger partial charge in [-0.15, -0.1) is 0 Å². The molecule has 1 aromatic heterocycles. The summed E-state index contributed by atoms with van der Waals surface area (Å²) in [6.07, 6.45) is 4.29. The third kappa shape index (κ3) is 3.08. The minimum absolute atomic E-state index is 0.0604. The average Bonchev–Trinajstić information content (AvgIpc) is 3.20. The number of nitrogens with one attached hydrogen (secondary N) is 1. The lowest BCUT2D eigenvalue weighted by Gasteiger charge is -2.50. The van der Waals surface area contributed by atoms with E-state index >= 15 is 0 Å². The van der Waals surface area contributed by atoms with Crippen molar-refractivity contribution < 1.29 is 14.0 Å². The molecule has 1 fully saturated rings.